The lowest BCUT2D eigenvalue weighted by molar-refractivity contribution is -0.144. The fraction of sp³-hybridized carbons (Fsp3) is 0.933. The second kappa shape index (κ2) is 7.25. The fourth-order valence-corrected chi connectivity index (χ4v) is 2.50. The van der Waals surface area contributed by atoms with Gasteiger partial charge in [-0.25, -0.2) is 0 Å². The molecule has 0 aliphatic heterocycles. The van der Waals surface area contributed by atoms with Gasteiger partial charge < -0.3 is 10.0 Å². The number of nitrogens with one attached hydrogen (secondary N) is 1. The van der Waals surface area contributed by atoms with E-state index in [2.05, 4.69) is 31.0 Å². The van der Waals surface area contributed by atoms with Crippen molar-refractivity contribution in [2.24, 2.45) is 0 Å². The third kappa shape index (κ3) is 5.11. The number of hydrogen-bond donors (Lipinski definition) is 2. The van der Waals surface area contributed by atoms with E-state index in [1.54, 1.807) is 0 Å². The van der Waals surface area contributed by atoms with Crippen molar-refractivity contribution in [1.29, 1.82) is 0 Å². The van der Waals surface area contributed by atoms with Gasteiger partial charge in [0.1, 0.15) is 5.54 Å². The Labute approximate surface area is 117 Å². The van der Waals surface area contributed by atoms with Crippen molar-refractivity contribution < 1.29 is 9.90 Å². The molecule has 2 unspecified atom stereocenters. The summed E-state index contributed by atoms with van der Waals surface area (Å²) in [7, 11) is 0. The van der Waals surface area contributed by atoms with Gasteiger partial charge in [0.25, 0.3) is 0 Å². The quantitative estimate of drug-likeness (QED) is 0.640. The van der Waals surface area contributed by atoms with Crippen LogP contribution in [-0.4, -0.2) is 46.7 Å². The Morgan fingerprint density at radius 3 is 2.53 bits per heavy atom. The van der Waals surface area contributed by atoms with Gasteiger partial charge in [-0.05, 0) is 59.0 Å². The minimum atomic E-state index is -0.754. The predicted octanol–water partition coefficient (Wildman–Crippen LogP) is 2.48. The molecule has 1 aliphatic rings. The Morgan fingerprint density at radius 2 is 2.11 bits per heavy atom. The van der Waals surface area contributed by atoms with Crippen LogP contribution in [0, 0.1) is 0 Å². The van der Waals surface area contributed by atoms with Gasteiger partial charge in [-0.3, -0.25) is 10.1 Å². The minimum Gasteiger partial charge on any atom is -0.480 e. The molecule has 1 rings (SSSR count). The van der Waals surface area contributed by atoms with Crippen LogP contribution in [0.2, 0.25) is 0 Å². The SMILES string of the molecule is CCC(C)N(CC)CCCC(C)(NC1CC1)C(=O)O. The zero-order valence-electron chi connectivity index (χ0n) is 12.9. The number of carbonyl (C=O) groups is 1. The zero-order chi connectivity index (χ0) is 14.5. The van der Waals surface area contributed by atoms with E-state index in [1.165, 1.54) is 0 Å². The fourth-order valence-electron chi connectivity index (χ4n) is 2.50. The predicted molar refractivity (Wildman–Crippen MR) is 78.4 cm³/mol. The van der Waals surface area contributed by atoms with E-state index >= 15 is 0 Å². The van der Waals surface area contributed by atoms with Gasteiger partial charge in [-0.2, -0.15) is 0 Å². The van der Waals surface area contributed by atoms with Crippen LogP contribution in [0.15, 0.2) is 0 Å². The molecule has 0 spiro atoms. The first kappa shape index (κ1) is 16.4. The van der Waals surface area contributed by atoms with E-state index in [9.17, 15) is 9.90 Å². The van der Waals surface area contributed by atoms with Gasteiger partial charge in [-0.1, -0.05) is 13.8 Å². The molecule has 2 atom stereocenters. The number of carboxylic acids is 1. The molecule has 19 heavy (non-hydrogen) atoms. The number of carboxylic acid groups (broad SMARTS) is 1. The molecule has 4 nitrogen and oxygen atoms in total. The third-order valence-corrected chi connectivity index (χ3v) is 4.31. The number of nitrogens with zero attached hydrogens (tertiary/aromatic N) is 1. The second-order valence-electron chi connectivity index (χ2n) is 6.05. The summed E-state index contributed by atoms with van der Waals surface area (Å²) in [4.78, 5) is 13.9. The van der Waals surface area contributed by atoms with Crippen molar-refractivity contribution in [3.8, 4) is 0 Å². The largest absolute Gasteiger partial charge is 0.480 e. The average molecular weight is 270 g/mol. The van der Waals surface area contributed by atoms with Gasteiger partial charge in [0.2, 0.25) is 0 Å². The van der Waals surface area contributed by atoms with E-state index in [0.29, 0.717) is 18.5 Å². The summed E-state index contributed by atoms with van der Waals surface area (Å²) in [6.45, 7) is 10.5. The molecule has 0 aromatic carbocycles. The molecule has 0 heterocycles. The van der Waals surface area contributed by atoms with Crippen LogP contribution in [0.25, 0.3) is 0 Å². The first-order valence-electron chi connectivity index (χ1n) is 7.68. The van der Waals surface area contributed by atoms with Gasteiger partial charge >= 0.3 is 5.97 Å². The second-order valence-corrected chi connectivity index (χ2v) is 6.05. The van der Waals surface area contributed by atoms with Gasteiger partial charge in [0.15, 0.2) is 0 Å². The van der Waals surface area contributed by atoms with Crippen molar-refractivity contribution in [3.05, 3.63) is 0 Å². The molecular formula is C15H30N2O2. The van der Waals surface area contributed by atoms with Crippen molar-refractivity contribution in [1.82, 2.24) is 10.2 Å². The first-order valence-corrected chi connectivity index (χ1v) is 7.68. The summed E-state index contributed by atoms with van der Waals surface area (Å²) < 4.78 is 0. The Balaban J connectivity index is 2.40. The first-order chi connectivity index (χ1) is 8.92. The van der Waals surface area contributed by atoms with E-state index in [1.807, 2.05) is 6.92 Å². The summed E-state index contributed by atoms with van der Waals surface area (Å²) in [5.74, 6) is -0.717. The molecule has 1 fully saturated rings. The minimum absolute atomic E-state index is 0.429. The Morgan fingerprint density at radius 1 is 1.47 bits per heavy atom. The molecule has 112 valence electrons. The number of rotatable bonds is 10. The molecule has 0 aromatic heterocycles. The number of hydrogen-bond acceptors (Lipinski definition) is 3. The van der Waals surface area contributed by atoms with Crippen molar-refractivity contribution in [2.45, 2.75) is 77.4 Å². The molecule has 0 aromatic rings. The monoisotopic (exact) mass is 270 g/mol. The van der Waals surface area contributed by atoms with Crippen LogP contribution >= 0.6 is 0 Å². The molecule has 2 N–H and O–H groups in total. The molecule has 0 radical (unpaired) electrons. The van der Waals surface area contributed by atoms with Gasteiger partial charge in [0.05, 0.1) is 0 Å². The Kier molecular flexibility index (Phi) is 6.27. The van der Waals surface area contributed by atoms with E-state index < -0.39 is 11.5 Å². The average Bonchev–Trinajstić information content (AvgIpc) is 3.17. The lowest BCUT2D eigenvalue weighted by Gasteiger charge is -2.30. The molecule has 1 saturated carbocycles. The maximum Gasteiger partial charge on any atom is 0.323 e. The van der Waals surface area contributed by atoms with Crippen LogP contribution in [0.3, 0.4) is 0 Å². The van der Waals surface area contributed by atoms with E-state index in [0.717, 1.165) is 38.8 Å². The summed E-state index contributed by atoms with van der Waals surface area (Å²) in [6, 6.07) is 1.01. The van der Waals surface area contributed by atoms with Crippen molar-refractivity contribution >= 4 is 5.97 Å². The molecule has 0 saturated heterocycles. The maximum absolute atomic E-state index is 11.4. The van der Waals surface area contributed by atoms with E-state index in [-0.39, 0.29) is 0 Å². The Hall–Kier alpha value is -0.610. The lowest BCUT2D eigenvalue weighted by Crippen LogP contribution is -2.51. The molecule has 4 heteroatoms. The van der Waals surface area contributed by atoms with Crippen LogP contribution in [0.1, 0.15) is 59.8 Å². The summed E-state index contributed by atoms with van der Waals surface area (Å²) in [5, 5.41) is 12.7. The third-order valence-electron chi connectivity index (χ3n) is 4.31. The highest BCUT2D eigenvalue weighted by atomic mass is 16.4. The van der Waals surface area contributed by atoms with Crippen molar-refractivity contribution in [3.63, 3.8) is 0 Å². The van der Waals surface area contributed by atoms with Crippen LogP contribution in [-0.2, 0) is 4.79 Å². The molecular weight excluding hydrogens is 240 g/mol. The standard InChI is InChI=1S/C15H30N2O2/c1-5-12(3)17(6-2)11-7-10-15(4,14(18)19)16-13-8-9-13/h12-13,16H,5-11H2,1-4H3,(H,18,19). The Bertz CT molecular complexity index is 292. The highest BCUT2D eigenvalue weighted by Crippen LogP contribution is 2.25. The molecule has 0 bridgehead atoms. The number of aliphatic carboxylic acids is 1. The molecule has 0 amide bonds. The van der Waals surface area contributed by atoms with Crippen LogP contribution < -0.4 is 5.32 Å². The topological polar surface area (TPSA) is 52.6 Å². The summed E-state index contributed by atoms with van der Waals surface area (Å²) >= 11 is 0. The smallest absolute Gasteiger partial charge is 0.323 e. The zero-order valence-corrected chi connectivity index (χ0v) is 12.9. The lowest BCUT2D eigenvalue weighted by atomic mass is 9.95. The van der Waals surface area contributed by atoms with Gasteiger partial charge in [0, 0.05) is 12.1 Å². The van der Waals surface area contributed by atoms with Gasteiger partial charge in [-0.15, -0.1) is 0 Å². The van der Waals surface area contributed by atoms with Crippen LogP contribution in [0.5, 0.6) is 0 Å². The van der Waals surface area contributed by atoms with Crippen molar-refractivity contribution in [2.75, 3.05) is 13.1 Å². The van der Waals surface area contributed by atoms with Crippen LogP contribution in [0.4, 0.5) is 0 Å². The molecule has 1 aliphatic carbocycles. The summed E-state index contributed by atoms with van der Waals surface area (Å²) in [6.07, 6.45) is 5.02. The van der Waals surface area contributed by atoms with E-state index in [4.69, 9.17) is 0 Å². The summed E-state index contributed by atoms with van der Waals surface area (Å²) in [5.41, 5.74) is -0.754. The maximum atomic E-state index is 11.4. The highest BCUT2D eigenvalue weighted by Gasteiger charge is 2.37. The normalized spacial score (nSPS) is 20.3. The highest BCUT2D eigenvalue weighted by molar-refractivity contribution is 5.78.